The van der Waals surface area contributed by atoms with E-state index in [0.717, 1.165) is 5.56 Å². The summed E-state index contributed by atoms with van der Waals surface area (Å²) in [4.78, 5) is 10.8. The Morgan fingerprint density at radius 2 is 1.95 bits per heavy atom. The van der Waals surface area contributed by atoms with Gasteiger partial charge in [-0.15, -0.1) is 0 Å². The number of hydrogen-bond donors (Lipinski definition) is 2. The van der Waals surface area contributed by atoms with E-state index in [1.807, 2.05) is 6.92 Å². The van der Waals surface area contributed by atoms with E-state index in [0.29, 0.717) is 0 Å². The zero-order valence-corrected chi connectivity index (χ0v) is 11.6. The lowest BCUT2D eigenvalue weighted by molar-refractivity contribution is -0.141. The number of aryl methyl sites for hydroxylation is 1. The molecule has 1 aromatic carbocycles. The van der Waals surface area contributed by atoms with Crippen molar-refractivity contribution >= 4 is 16.0 Å². The number of aliphatic hydroxyl groups excluding tert-OH is 1. The first-order valence-electron chi connectivity index (χ1n) is 5.68. The lowest BCUT2D eigenvalue weighted by Crippen LogP contribution is -2.41. The monoisotopic (exact) mass is 287 g/mol. The molecule has 0 aromatic heterocycles. The van der Waals surface area contributed by atoms with Crippen LogP contribution >= 0.6 is 0 Å². The number of benzene rings is 1. The standard InChI is InChI=1S/C12H17NO5S/c1-9-3-5-12(6-4-9)19(16,17)13-11(7-14)8-18-10(2)15/h3-6,11,13-14H,7-8H2,1-2H3/t11-/m1/s1. The van der Waals surface area contributed by atoms with E-state index in [4.69, 9.17) is 5.11 Å². The molecule has 0 aliphatic heterocycles. The minimum absolute atomic E-state index is 0.0966. The number of sulfonamides is 1. The maximum atomic E-state index is 12.0. The highest BCUT2D eigenvalue weighted by molar-refractivity contribution is 7.89. The first kappa shape index (κ1) is 15.6. The van der Waals surface area contributed by atoms with Gasteiger partial charge in [0.1, 0.15) is 6.61 Å². The molecule has 6 nitrogen and oxygen atoms in total. The highest BCUT2D eigenvalue weighted by atomic mass is 32.2. The van der Waals surface area contributed by atoms with E-state index >= 15 is 0 Å². The number of carbonyl (C=O) groups is 1. The second-order valence-electron chi connectivity index (χ2n) is 4.12. The van der Waals surface area contributed by atoms with Crippen molar-refractivity contribution in [2.75, 3.05) is 13.2 Å². The molecule has 0 amide bonds. The summed E-state index contributed by atoms with van der Waals surface area (Å²) in [5.41, 5.74) is 0.942. The summed E-state index contributed by atoms with van der Waals surface area (Å²) in [6.07, 6.45) is 0. The molecule has 0 saturated heterocycles. The van der Waals surface area contributed by atoms with E-state index < -0.39 is 28.6 Å². The topological polar surface area (TPSA) is 92.7 Å². The van der Waals surface area contributed by atoms with Crippen molar-refractivity contribution in [2.45, 2.75) is 24.8 Å². The molecule has 1 rings (SSSR count). The third-order valence-electron chi connectivity index (χ3n) is 2.36. The van der Waals surface area contributed by atoms with Gasteiger partial charge in [-0.2, -0.15) is 0 Å². The molecular weight excluding hydrogens is 270 g/mol. The fourth-order valence-electron chi connectivity index (χ4n) is 1.35. The van der Waals surface area contributed by atoms with Crippen LogP contribution in [0.4, 0.5) is 0 Å². The molecule has 0 bridgehead atoms. The van der Waals surface area contributed by atoms with Gasteiger partial charge >= 0.3 is 5.97 Å². The van der Waals surface area contributed by atoms with Gasteiger partial charge in [0, 0.05) is 6.92 Å². The summed E-state index contributed by atoms with van der Waals surface area (Å²) in [5.74, 6) is -0.534. The number of ether oxygens (including phenoxy) is 1. The van der Waals surface area contributed by atoms with Crippen LogP contribution in [0.25, 0.3) is 0 Å². The highest BCUT2D eigenvalue weighted by Gasteiger charge is 2.20. The molecule has 0 radical (unpaired) electrons. The van der Waals surface area contributed by atoms with Crippen LogP contribution in [0, 0.1) is 6.92 Å². The lowest BCUT2D eigenvalue weighted by Gasteiger charge is -2.16. The largest absolute Gasteiger partial charge is 0.464 e. The van der Waals surface area contributed by atoms with Crippen molar-refractivity contribution in [3.63, 3.8) is 0 Å². The third kappa shape index (κ3) is 4.98. The predicted octanol–water partition coefficient (Wildman–Crippen LogP) is 0.197. The van der Waals surface area contributed by atoms with Gasteiger partial charge < -0.3 is 9.84 Å². The molecule has 0 saturated carbocycles. The van der Waals surface area contributed by atoms with Crippen molar-refractivity contribution in [3.8, 4) is 0 Å². The summed E-state index contributed by atoms with van der Waals surface area (Å²) in [7, 11) is -3.74. The Labute approximate surface area is 112 Å². The Morgan fingerprint density at radius 1 is 1.37 bits per heavy atom. The third-order valence-corrected chi connectivity index (χ3v) is 3.90. The number of esters is 1. The van der Waals surface area contributed by atoms with Crippen molar-refractivity contribution in [1.82, 2.24) is 4.72 Å². The molecule has 1 aromatic rings. The van der Waals surface area contributed by atoms with E-state index in [-0.39, 0.29) is 11.5 Å². The molecule has 7 heteroatoms. The van der Waals surface area contributed by atoms with Crippen LogP contribution in [0.2, 0.25) is 0 Å². The summed E-state index contributed by atoms with van der Waals surface area (Å²) in [5, 5.41) is 9.08. The molecule has 0 aliphatic carbocycles. The van der Waals surface area contributed by atoms with E-state index in [2.05, 4.69) is 9.46 Å². The molecule has 0 fully saturated rings. The number of aliphatic hydroxyl groups is 1. The van der Waals surface area contributed by atoms with E-state index in [9.17, 15) is 13.2 Å². The summed E-state index contributed by atoms with van der Waals surface area (Å²) < 4.78 is 30.9. The SMILES string of the molecule is CC(=O)OC[C@@H](CO)NS(=O)(=O)c1ccc(C)cc1. The Bertz CT molecular complexity index is 524. The van der Waals surface area contributed by atoms with Gasteiger partial charge in [0.15, 0.2) is 0 Å². The zero-order chi connectivity index (χ0) is 14.5. The minimum atomic E-state index is -3.74. The Hall–Kier alpha value is -1.44. The molecule has 0 unspecified atom stereocenters. The highest BCUT2D eigenvalue weighted by Crippen LogP contribution is 2.10. The van der Waals surface area contributed by atoms with Gasteiger partial charge in [0.05, 0.1) is 17.5 Å². The zero-order valence-electron chi connectivity index (χ0n) is 10.8. The number of rotatable bonds is 6. The number of nitrogens with one attached hydrogen (secondary N) is 1. The van der Waals surface area contributed by atoms with E-state index in [1.165, 1.54) is 19.1 Å². The van der Waals surface area contributed by atoms with Gasteiger partial charge in [0.2, 0.25) is 10.0 Å². The molecule has 0 aliphatic rings. The van der Waals surface area contributed by atoms with Gasteiger partial charge in [-0.3, -0.25) is 4.79 Å². The second-order valence-corrected chi connectivity index (χ2v) is 5.83. The Morgan fingerprint density at radius 3 is 2.42 bits per heavy atom. The molecule has 0 heterocycles. The fourth-order valence-corrected chi connectivity index (χ4v) is 2.56. The molecular formula is C12H17NO5S. The quantitative estimate of drug-likeness (QED) is 0.729. The predicted molar refractivity (Wildman–Crippen MR) is 69.0 cm³/mol. The first-order valence-corrected chi connectivity index (χ1v) is 7.16. The van der Waals surface area contributed by atoms with Gasteiger partial charge in [-0.1, -0.05) is 17.7 Å². The summed E-state index contributed by atoms with van der Waals surface area (Å²) in [6, 6.07) is 5.43. The van der Waals surface area contributed by atoms with Crippen LogP contribution in [0.3, 0.4) is 0 Å². The van der Waals surface area contributed by atoms with Crippen LogP contribution < -0.4 is 4.72 Å². The molecule has 0 spiro atoms. The normalized spacial score (nSPS) is 13.0. The Kier molecular flexibility index (Phi) is 5.46. The first-order chi connectivity index (χ1) is 8.85. The average molecular weight is 287 g/mol. The fraction of sp³-hybridized carbons (Fsp3) is 0.417. The van der Waals surface area contributed by atoms with Crippen LogP contribution in [0.1, 0.15) is 12.5 Å². The smallest absolute Gasteiger partial charge is 0.302 e. The van der Waals surface area contributed by atoms with Gasteiger partial charge in [-0.25, -0.2) is 13.1 Å². The van der Waals surface area contributed by atoms with Crippen molar-refractivity contribution < 1.29 is 23.1 Å². The lowest BCUT2D eigenvalue weighted by atomic mass is 10.2. The molecule has 106 valence electrons. The second kappa shape index (κ2) is 6.65. The van der Waals surface area contributed by atoms with Crippen molar-refractivity contribution in [1.29, 1.82) is 0 Å². The maximum absolute atomic E-state index is 12.0. The van der Waals surface area contributed by atoms with Crippen molar-refractivity contribution in [2.24, 2.45) is 0 Å². The van der Waals surface area contributed by atoms with Gasteiger partial charge in [0.25, 0.3) is 0 Å². The van der Waals surface area contributed by atoms with Crippen LogP contribution in [0.15, 0.2) is 29.2 Å². The summed E-state index contributed by atoms with van der Waals surface area (Å²) in [6.45, 7) is 2.39. The van der Waals surface area contributed by atoms with E-state index in [1.54, 1.807) is 12.1 Å². The van der Waals surface area contributed by atoms with Gasteiger partial charge in [-0.05, 0) is 19.1 Å². The Balaban J connectivity index is 2.77. The number of carbonyl (C=O) groups excluding carboxylic acids is 1. The maximum Gasteiger partial charge on any atom is 0.302 e. The van der Waals surface area contributed by atoms with Crippen LogP contribution in [-0.2, 0) is 19.6 Å². The molecule has 1 atom stereocenters. The average Bonchev–Trinajstić information content (AvgIpc) is 2.34. The van der Waals surface area contributed by atoms with Crippen LogP contribution in [-0.4, -0.2) is 38.7 Å². The minimum Gasteiger partial charge on any atom is -0.464 e. The number of hydrogen-bond acceptors (Lipinski definition) is 5. The molecule has 19 heavy (non-hydrogen) atoms. The molecule has 2 N–H and O–H groups in total. The van der Waals surface area contributed by atoms with Crippen molar-refractivity contribution in [3.05, 3.63) is 29.8 Å². The van der Waals surface area contributed by atoms with Crippen LogP contribution in [0.5, 0.6) is 0 Å². The summed E-state index contributed by atoms with van der Waals surface area (Å²) >= 11 is 0.